The number of thiol groups is 1. The Morgan fingerprint density at radius 2 is 1.82 bits per heavy atom. The number of carboxylic acids is 1. The Morgan fingerprint density at radius 3 is 2.35 bits per heavy atom. The van der Waals surface area contributed by atoms with E-state index in [-0.39, 0.29) is 18.6 Å². The maximum absolute atomic E-state index is 11.6. The van der Waals surface area contributed by atoms with E-state index in [0.29, 0.717) is 11.3 Å². The van der Waals surface area contributed by atoms with Crippen molar-refractivity contribution in [2.45, 2.75) is 12.8 Å². The van der Waals surface area contributed by atoms with Crippen LogP contribution in [-0.4, -0.2) is 22.6 Å². The quantitative estimate of drug-likeness (QED) is 0.487. The fourth-order valence-electron chi connectivity index (χ4n) is 1.25. The summed E-state index contributed by atoms with van der Waals surface area (Å²) < 4.78 is 0. The highest BCUT2D eigenvalue weighted by Gasteiger charge is 2.07. The van der Waals surface area contributed by atoms with E-state index in [0.717, 1.165) is 5.56 Å². The van der Waals surface area contributed by atoms with Gasteiger partial charge in [0.15, 0.2) is 5.78 Å². The zero-order chi connectivity index (χ0) is 12.7. The van der Waals surface area contributed by atoms with Gasteiger partial charge in [-0.25, -0.2) is 0 Å². The van der Waals surface area contributed by atoms with Gasteiger partial charge >= 0.3 is 5.97 Å². The van der Waals surface area contributed by atoms with E-state index >= 15 is 0 Å². The lowest BCUT2D eigenvalue weighted by Gasteiger charge is -1.99. The third-order valence-electron chi connectivity index (χ3n) is 2.08. The third-order valence-corrected chi connectivity index (χ3v) is 2.24. The van der Waals surface area contributed by atoms with Crippen molar-refractivity contribution in [3.63, 3.8) is 0 Å². The predicted octanol–water partition coefficient (Wildman–Crippen LogP) is 2.02. The lowest BCUT2D eigenvalue weighted by atomic mass is 10.0. The molecule has 3 nitrogen and oxygen atoms in total. The number of hydrogen-bond donors (Lipinski definition) is 2. The van der Waals surface area contributed by atoms with Gasteiger partial charge in [0.05, 0.1) is 12.2 Å². The smallest absolute Gasteiger partial charge is 0.303 e. The van der Waals surface area contributed by atoms with Crippen LogP contribution in [0, 0.1) is 11.8 Å². The first-order valence-electron chi connectivity index (χ1n) is 5.08. The number of aliphatic carboxylic acids is 1. The van der Waals surface area contributed by atoms with E-state index in [9.17, 15) is 9.59 Å². The van der Waals surface area contributed by atoms with Gasteiger partial charge in [0.2, 0.25) is 0 Å². The summed E-state index contributed by atoms with van der Waals surface area (Å²) in [6.45, 7) is 0. The summed E-state index contributed by atoms with van der Waals surface area (Å²) in [4.78, 5) is 21.9. The van der Waals surface area contributed by atoms with Crippen LogP contribution in [0.2, 0.25) is 0 Å². The van der Waals surface area contributed by atoms with Crippen LogP contribution in [0.4, 0.5) is 0 Å². The maximum atomic E-state index is 11.6. The molecule has 0 heterocycles. The molecule has 0 unspecified atom stereocenters. The molecular formula is C13H12O3S. The SMILES string of the molecule is O=C(O)CCC(=O)c1ccc(C#CCS)cc1. The molecule has 0 bridgehead atoms. The van der Waals surface area contributed by atoms with Gasteiger partial charge in [-0.15, -0.1) is 0 Å². The van der Waals surface area contributed by atoms with Gasteiger partial charge in [-0.05, 0) is 12.1 Å². The molecule has 0 fully saturated rings. The van der Waals surface area contributed by atoms with Crippen LogP contribution in [0.15, 0.2) is 24.3 Å². The first-order valence-corrected chi connectivity index (χ1v) is 5.71. The second-order valence-electron chi connectivity index (χ2n) is 3.35. The summed E-state index contributed by atoms with van der Waals surface area (Å²) >= 11 is 3.97. The number of Topliss-reactive ketones (excluding diaryl/α,β-unsaturated/α-hetero) is 1. The highest BCUT2D eigenvalue weighted by molar-refractivity contribution is 7.80. The predicted molar refractivity (Wildman–Crippen MR) is 68.4 cm³/mol. The average Bonchev–Trinajstić information content (AvgIpc) is 2.34. The number of rotatable bonds is 4. The monoisotopic (exact) mass is 248 g/mol. The molecule has 0 saturated heterocycles. The molecular weight excluding hydrogens is 236 g/mol. The fraction of sp³-hybridized carbons (Fsp3) is 0.231. The van der Waals surface area contributed by atoms with Crippen molar-refractivity contribution >= 4 is 24.4 Å². The van der Waals surface area contributed by atoms with Crippen molar-refractivity contribution in [3.05, 3.63) is 35.4 Å². The van der Waals surface area contributed by atoms with E-state index in [1.807, 2.05) is 0 Å². The number of carbonyl (C=O) groups is 2. The van der Waals surface area contributed by atoms with Gasteiger partial charge in [0.1, 0.15) is 0 Å². The summed E-state index contributed by atoms with van der Waals surface area (Å²) in [6, 6.07) is 6.80. The molecule has 1 aromatic rings. The zero-order valence-corrected chi connectivity index (χ0v) is 10.0. The molecule has 1 rings (SSSR count). The largest absolute Gasteiger partial charge is 0.481 e. The molecule has 1 N–H and O–H groups in total. The average molecular weight is 248 g/mol. The molecule has 17 heavy (non-hydrogen) atoms. The second-order valence-corrected chi connectivity index (χ2v) is 3.67. The van der Waals surface area contributed by atoms with Gasteiger partial charge in [-0.3, -0.25) is 9.59 Å². The normalized spacial score (nSPS) is 9.24. The number of benzene rings is 1. The molecule has 1 aromatic carbocycles. The molecule has 0 spiro atoms. The Morgan fingerprint density at radius 1 is 1.18 bits per heavy atom. The van der Waals surface area contributed by atoms with Gasteiger partial charge in [0.25, 0.3) is 0 Å². The van der Waals surface area contributed by atoms with Gasteiger partial charge in [0, 0.05) is 17.5 Å². The molecule has 4 heteroatoms. The standard InChI is InChI=1S/C13H12O3S/c14-12(7-8-13(15)16)11-5-3-10(4-6-11)2-1-9-17/h3-6,17H,7-9H2,(H,15,16). The minimum absolute atomic E-state index is 0.0248. The number of hydrogen-bond acceptors (Lipinski definition) is 3. The minimum atomic E-state index is -0.963. The molecule has 0 aliphatic carbocycles. The van der Waals surface area contributed by atoms with Crippen molar-refractivity contribution in [3.8, 4) is 11.8 Å². The topological polar surface area (TPSA) is 54.4 Å². The maximum Gasteiger partial charge on any atom is 0.303 e. The van der Waals surface area contributed by atoms with E-state index in [4.69, 9.17) is 5.11 Å². The molecule has 0 aliphatic rings. The Labute approximate surface area is 105 Å². The van der Waals surface area contributed by atoms with Crippen molar-refractivity contribution in [2.75, 3.05) is 5.75 Å². The highest BCUT2D eigenvalue weighted by Crippen LogP contribution is 2.07. The van der Waals surface area contributed by atoms with Crippen LogP contribution < -0.4 is 0 Å². The molecule has 0 aliphatic heterocycles. The van der Waals surface area contributed by atoms with Gasteiger partial charge < -0.3 is 5.11 Å². The Hall–Kier alpha value is -1.73. The molecule has 0 aromatic heterocycles. The summed E-state index contributed by atoms with van der Waals surface area (Å²) in [7, 11) is 0. The number of carbonyl (C=O) groups excluding carboxylic acids is 1. The second kappa shape index (κ2) is 6.77. The van der Waals surface area contributed by atoms with Crippen LogP contribution >= 0.6 is 12.6 Å². The highest BCUT2D eigenvalue weighted by atomic mass is 32.1. The molecule has 0 saturated carbocycles. The Kier molecular flexibility index (Phi) is 5.31. The lowest BCUT2D eigenvalue weighted by Crippen LogP contribution is -2.03. The van der Waals surface area contributed by atoms with Gasteiger partial charge in [-0.1, -0.05) is 24.0 Å². The van der Waals surface area contributed by atoms with Crippen LogP contribution in [0.1, 0.15) is 28.8 Å². The summed E-state index contributed by atoms with van der Waals surface area (Å²) in [5.74, 6) is 5.04. The fourth-order valence-corrected chi connectivity index (χ4v) is 1.32. The molecule has 0 radical (unpaired) electrons. The van der Waals surface area contributed by atoms with Crippen molar-refractivity contribution in [1.82, 2.24) is 0 Å². The Bertz CT molecular complexity index is 466. The lowest BCUT2D eigenvalue weighted by molar-refractivity contribution is -0.136. The van der Waals surface area contributed by atoms with Crippen molar-refractivity contribution in [2.24, 2.45) is 0 Å². The zero-order valence-electron chi connectivity index (χ0n) is 9.14. The summed E-state index contributed by atoms with van der Waals surface area (Å²) in [5.41, 5.74) is 1.33. The minimum Gasteiger partial charge on any atom is -0.481 e. The summed E-state index contributed by atoms with van der Waals surface area (Å²) in [6.07, 6.45) is -0.114. The molecule has 0 amide bonds. The first kappa shape index (κ1) is 13.3. The Balaban J connectivity index is 2.67. The molecule has 88 valence electrons. The van der Waals surface area contributed by atoms with Crippen LogP contribution in [0.5, 0.6) is 0 Å². The van der Waals surface area contributed by atoms with E-state index < -0.39 is 5.97 Å². The van der Waals surface area contributed by atoms with Crippen LogP contribution in [-0.2, 0) is 4.79 Å². The van der Waals surface area contributed by atoms with E-state index in [1.165, 1.54) is 0 Å². The summed E-state index contributed by atoms with van der Waals surface area (Å²) in [5, 5.41) is 8.47. The first-order chi connectivity index (χ1) is 8.13. The van der Waals surface area contributed by atoms with Crippen LogP contribution in [0.3, 0.4) is 0 Å². The van der Waals surface area contributed by atoms with E-state index in [2.05, 4.69) is 24.5 Å². The molecule has 0 atom stereocenters. The number of ketones is 1. The van der Waals surface area contributed by atoms with E-state index in [1.54, 1.807) is 24.3 Å². The van der Waals surface area contributed by atoms with Crippen LogP contribution in [0.25, 0.3) is 0 Å². The number of carboxylic acid groups (broad SMARTS) is 1. The third kappa shape index (κ3) is 4.75. The van der Waals surface area contributed by atoms with Crippen molar-refractivity contribution in [1.29, 1.82) is 0 Å². The van der Waals surface area contributed by atoms with Crippen molar-refractivity contribution < 1.29 is 14.7 Å². The van der Waals surface area contributed by atoms with Gasteiger partial charge in [-0.2, -0.15) is 12.6 Å².